The number of halogens is 1. The van der Waals surface area contributed by atoms with E-state index in [1.165, 1.54) is 22.9 Å². The fourth-order valence-corrected chi connectivity index (χ4v) is 4.39. The minimum atomic E-state index is -0.537. The summed E-state index contributed by atoms with van der Waals surface area (Å²) in [6, 6.07) is 11.6. The number of anilines is 3. The van der Waals surface area contributed by atoms with Gasteiger partial charge in [0.2, 0.25) is 5.95 Å². The topological polar surface area (TPSA) is 127 Å². The summed E-state index contributed by atoms with van der Waals surface area (Å²) >= 11 is 0. The molecule has 0 spiro atoms. The van der Waals surface area contributed by atoms with Crippen molar-refractivity contribution in [2.75, 3.05) is 36.1 Å². The fourth-order valence-electron chi connectivity index (χ4n) is 4.39. The van der Waals surface area contributed by atoms with Gasteiger partial charge < -0.3 is 20.7 Å². The van der Waals surface area contributed by atoms with Crippen molar-refractivity contribution in [2.45, 2.75) is 6.10 Å². The van der Waals surface area contributed by atoms with Crippen LogP contribution in [0.4, 0.5) is 21.7 Å². The highest BCUT2D eigenvalue weighted by molar-refractivity contribution is 6.02. The molecule has 1 atom stereocenters. The van der Waals surface area contributed by atoms with Crippen LogP contribution in [0.15, 0.2) is 59.7 Å². The SMILES string of the molecule is CN1C[C@H](CNc2ncc3c4n[nH]cc4c(=O)n(-c4ccccc4F)c3n2)Oc2ccc(N)cc21. The molecule has 0 bridgehead atoms. The fraction of sp³-hybridized carbons (Fsp3) is 0.167. The Kier molecular flexibility index (Phi) is 4.76. The Morgan fingerprint density at radius 3 is 2.94 bits per heavy atom. The zero-order chi connectivity index (χ0) is 24.1. The molecular formula is C24H21FN8O2. The first-order valence-corrected chi connectivity index (χ1v) is 11.0. The van der Waals surface area contributed by atoms with Crippen molar-refractivity contribution in [1.82, 2.24) is 24.7 Å². The number of para-hydroxylation sites is 1. The van der Waals surface area contributed by atoms with Gasteiger partial charge in [-0.25, -0.2) is 9.37 Å². The Morgan fingerprint density at radius 1 is 1.23 bits per heavy atom. The lowest BCUT2D eigenvalue weighted by Gasteiger charge is -2.34. The number of H-pyrrole nitrogens is 1. The second-order valence-corrected chi connectivity index (χ2v) is 8.40. The van der Waals surface area contributed by atoms with Crippen molar-refractivity contribution in [3.05, 3.63) is 71.0 Å². The minimum absolute atomic E-state index is 0.100. The van der Waals surface area contributed by atoms with E-state index >= 15 is 0 Å². The normalized spacial score (nSPS) is 15.3. The second-order valence-electron chi connectivity index (χ2n) is 8.40. The molecule has 10 nitrogen and oxygen atoms in total. The van der Waals surface area contributed by atoms with E-state index in [2.05, 4.69) is 30.4 Å². The molecule has 0 radical (unpaired) electrons. The number of pyridine rings is 1. The van der Waals surface area contributed by atoms with Gasteiger partial charge in [-0.05, 0) is 30.3 Å². The third kappa shape index (κ3) is 3.48. The number of likely N-dealkylation sites (N-methyl/N-ethyl adjacent to an activating group) is 1. The zero-order valence-electron chi connectivity index (χ0n) is 18.7. The summed E-state index contributed by atoms with van der Waals surface area (Å²) in [5, 5.41) is 10.9. The Balaban J connectivity index is 1.37. The van der Waals surface area contributed by atoms with Crippen molar-refractivity contribution in [3.63, 3.8) is 0 Å². The summed E-state index contributed by atoms with van der Waals surface area (Å²) in [7, 11) is 1.97. The number of hydrogen-bond acceptors (Lipinski definition) is 8. The summed E-state index contributed by atoms with van der Waals surface area (Å²) in [6.45, 7) is 1.04. The summed E-state index contributed by atoms with van der Waals surface area (Å²) in [5.74, 6) is 0.490. The highest BCUT2D eigenvalue weighted by Gasteiger charge is 2.24. The van der Waals surface area contributed by atoms with Crippen LogP contribution in [-0.4, -0.2) is 51.0 Å². The van der Waals surface area contributed by atoms with Gasteiger partial charge in [0, 0.05) is 25.1 Å². The van der Waals surface area contributed by atoms with Crippen molar-refractivity contribution in [2.24, 2.45) is 0 Å². The molecule has 0 amide bonds. The van der Waals surface area contributed by atoms with E-state index in [9.17, 15) is 9.18 Å². The summed E-state index contributed by atoms with van der Waals surface area (Å²) < 4.78 is 22.1. The molecule has 4 heterocycles. The van der Waals surface area contributed by atoms with Crippen LogP contribution >= 0.6 is 0 Å². The molecule has 11 heteroatoms. The van der Waals surface area contributed by atoms with Crippen LogP contribution in [-0.2, 0) is 0 Å². The molecule has 176 valence electrons. The molecule has 0 fully saturated rings. The Bertz CT molecular complexity index is 1650. The largest absolute Gasteiger partial charge is 0.485 e. The first-order valence-electron chi connectivity index (χ1n) is 11.0. The maximum atomic E-state index is 14.7. The molecule has 1 aliphatic heterocycles. The number of nitrogens with one attached hydrogen (secondary N) is 2. The van der Waals surface area contributed by atoms with Gasteiger partial charge in [0.25, 0.3) is 5.56 Å². The second kappa shape index (κ2) is 7.97. The average Bonchev–Trinajstić information content (AvgIpc) is 3.35. The van der Waals surface area contributed by atoms with E-state index in [0.717, 1.165) is 11.4 Å². The predicted molar refractivity (Wildman–Crippen MR) is 132 cm³/mol. The number of fused-ring (bicyclic) bond motifs is 4. The van der Waals surface area contributed by atoms with Crippen LogP contribution in [0.25, 0.3) is 27.6 Å². The van der Waals surface area contributed by atoms with Gasteiger partial charge in [-0.3, -0.25) is 14.5 Å². The monoisotopic (exact) mass is 472 g/mol. The lowest BCUT2D eigenvalue weighted by Crippen LogP contribution is -2.41. The number of aromatic amines is 1. The third-order valence-electron chi connectivity index (χ3n) is 6.06. The van der Waals surface area contributed by atoms with Crippen molar-refractivity contribution >= 4 is 39.3 Å². The van der Waals surface area contributed by atoms with Gasteiger partial charge in [0.05, 0.1) is 35.2 Å². The van der Waals surface area contributed by atoms with Crippen LogP contribution in [0.5, 0.6) is 5.75 Å². The van der Waals surface area contributed by atoms with Crippen LogP contribution in [0.2, 0.25) is 0 Å². The zero-order valence-corrected chi connectivity index (χ0v) is 18.7. The molecule has 35 heavy (non-hydrogen) atoms. The van der Waals surface area contributed by atoms with Crippen LogP contribution in [0, 0.1) is 5.82 Å². The lowest BCUT2D eigenvalue weighted by molar-refractivity contribution is 0.208. The molecule has 6 rings (SSSR count). The molecule has 0 aliphatic carbocycles. The number of nitrogens with zero attached hydrogens (tertiary/aromatic N) is 5. The molecule has 0 unspecified atom stereocenters. The lowest BCUT2D eigenvalue weighted by atomic mass is 10.2. The molecular weight excluding hydrogens is 451 g/mol. The Hall–Kier alpha value is -4.67. The molecule has 5 aromatic rings. The summed E-state index contributed by atoms with van der Waals surface area (Å²) in [6.07, 6.45) is 2.89. The van der Waals surface area contributed by atoms with Crippen molar-refractivity contribution in [3.8, 4) is 11.4 Å². The first-order chi connectivity index (χ1) is 17.0. The number of nitrogen functional groups attached to an aromatic ring is 1. The van der Waals surface area contributed by atoms with E-state index in [0.29, 0.717) is 35.1 Å². The number of nitrogens with two attached hydrogens (primary N) is 1. The van der Waals surface area contributed by atoms with E-state index in [1.54, 1.807) is 24.4 Å². The van der Waals surface area contributed by atoms with Gasteiger partial charge >= 0.3 is 0 Å². The Labute approximate surface area is 198 Å². The number of rotatable bonds is 4. The molecule has 0 saturated heterocycles. The van der Waals surface area contributed by atoms with Crippen LogP contribution < -0.4 is 26.2 Å². The van der Waals surface area contributed by atoms with Gasteiger partial charge in [-0.2, -0.15) is 10.1 Å². The van der Waals surface area contributed by atoms with E-state index in [1.807, 2.05) is 19.2 Å². The number of hydrogen-bond donors (Lipinski definition) is 3. The number of benzene rings is 2. The highest BCUT2D eigenvalue weighted by Crippen LogP contribution is 2.34. The van der Waals surface area contributed by atoms with Crippen molar-refractivity contribution in [1.29, 1.82) is 0 Å². The third-order valence-corrected chi connectivity index (χ3v) is 6.06. The van der Waals surface area contributed by atoms with E-state index < -0.39 is 11.4 Å². The summed E-state index contributed by atoms with van der Waals surface area (Å²) in [4.78, 5) is 24.3. The molecule has 1 aliphatic rings. The van der Waals surface area contributed by atoms with Gasteiger partial charge in [-0.15, -0.1) is 0 Å². The molecule has 3 aromatic heterocycles. The van der Waals surface area contributed by atoms with Gasteiger partial charge in [0.15, 0.2) is 5.65 Å². The van der Waals surface area contributed by atoms with Crippen LogP contribution in [0.1, 0.15) is 0 Å². The van der Waals surface area contributed by atoms with Crippen LogP contribution in [0.3, 0.4) is 0 Å². The average molecular weight is 472 g/mol. The maximum absolute atomic E-state index is 14.7. The number of ether oxygens (including phenoxy) is 1. The van der Waals surface area contributed by atoms with E-state index in [-0.39, 0.29) is 23.4 Å². The smallest absolute Gasteiger partial charge is 0.267 e. The molecule has 4 N–H and O–H groups in total. The minimum Gasteiger partial charge on any atom is -0.485 e. The maximum Gasteiger partial charge on any atom is 0.267 e. The molecule has 0 saturated carbocycles. The van der Waals surface area contributed by atoms with Crippen molar-refractivity contribution < 1.29 is 9.13 Å². The standard InChI is InChI=1S/C24H21FN8O2/c1-32-12-14(35-20-7-6-13(26)8-19(20)32)9-27-24-28-10-15-21-16(11-29-31-21)23(34)33(22(15)30-24)18-5-3-2-4-17(18)25/h2-8,10-11,14H,9,12,26H2,1H3,(H,29,31)(H,27,28,30)/t14-/m0/s1. The van der Waals surface area contributed by atoms with E-state index in [4.69, 9.17) is 10.5 Å². The predicted octanol–water partition coefficient (Wildman–Crippen LogP) is 2.69. The van der Waals surface area contributed by atoms with Gasteiger partial charge in [0.1, 0.15) is 23.2 Å². The van der Waals surface area contributed by atoms with Gasteiger partial charge in [-0.1, -0.05) is 12.1 Å². The first kappa shape index (κ1) is 20.9. The molecule has 2 aromatic carbocycles. The summed E-state index contributed by atoms with van der Waals surface area (Å²) in [5.41, 5.74) is 7.85. The highest BCUT2D eigenvalue weighted by atomic mass is 19.1. The quantitative estimate of drug-likeness (QED) is 0.341. The Morgan fingerprint density at radius 2 is 2.09 bits per heavy atom. The number of aromatic nitrogens is 5.